The fourth-order valence-corrected chi connectivity index (χ4v) is 1.67. The maximum atomic E-state index is 4.20. The van der Waals surface area contributed by atoms with E-state index in [-0.39, 0.29) is 0 Å². The number of hydrogen-bond acceptors (Lipinski definition) is 3. The molecule has 0 aromatic carbocycles. The topological polar surface area (TPSA) is 24.9 Å². The highest BCUT2D eigenvalue weighted by Crippen LogP contribution is 2.17. The predicted octanol–water partition coefficient (Wildman–Crippen LogP) is 0.799. The van der Waals surface area contributed by atoms with E-state index in [1.807, 2.05) is 12.1 Å². The summed E-state index contributed by atoms with van der Waals surface area (Å²) in [6.45, 7) is 3.08. The first-order valence-electron chi connectivity index (χ1n) is 2.96. The van der Waals surface area contributed by atoms with Crippen molar-refractivity contribution in [2.45, 2.75) is 6.42 Å². The van der Waals surface area contributed by atoms with Crippen molar-refractivity contribution in [2.75, 3.05) is 6.54 Å². The first-order valence-corrected chi connectivity index (χ1v) is 3.84. The SMILES string of the molecule is [CH]1NCCc2ncsc21. The van der Waals surface area contributed by atoms with Gasteiger partial charge in [0.25, 0.3) is 0 Å². The molecule has 1 aromatic rings. The molecule has 1 radical (unpaired) electrons. The summed E-state index contributed by atoms with van der Waals surface area (Å²) in [5, 5.41) is 3.17. The van der Waals surface area contributed by atoms with Gasteiger partial charge in [-0.1, -0.05) is 0 Å². The van der Waals surface area contributed by atoms with E-state index in [0.29, 0.717) is 0 Å². The highest BCUT2D eigenvalue weighted by Gasteiger charge is 2.09. The zero-order valence-corrected chi connectivity index (χ0v) is 5.74. The maximum Gasteiger partial charge on any atom is 0.0798 e. The first kappa shape index (κ1) is 5.38. The third-order valence-corrected chi connectivity index (χ3v) is 2.23. The van der Waals surface area contributed by atoms with E-state index in [1.165, 1.54) is 10.6 Å². The molecule has 0 amide bonds. The monoisotopic (exact) mass is 139 g/mol. The van der Waals surface area contributed by atoms with Crippen LogP contribution in [-0.2, 0) is 6.42 Å². The van der Waals surface area contributed by atoms with E-state index < -0.39 is 0 Å². The number of rotatable bonds is 0. The van der Waals surface area contributed by atoms with Gasteiger partial charge < -0.3 is 5.32 Å². The fourth-order valence-electron chi connectivity index (χ4n) is 0.939. The lowest BCUT2D eigenvalue weighted by atomic mass is 10.2. The Morgan fingerprint density at radius 2 is 2.67 bits per heavy atom. The number of nitrogens with zero attached hydrogens (tertiary/aromatic N) is 1. The minimum absolute atomic E-state index is 1.04. The molecule has 1 aliphatic rings. The van der Waals surface area contributed by atoms with Crippen LogP contribution >= 0.6 is 11.3 Å². The Morgan fingerprint density at radius 1 is 1.67 bits per heavy atom. The summed E-state index contributed by atoms with van der Waals surface area (Å²) in [5.74, 6) is 0. The molecule has 0 unspecified atom stereocenters. The van der Waals surface area contributed by atoms with Gasteiger partial charge in [-0.15, -0.1) is 11.3 Å². The van der Waals surface area contributed by atoms with Crippen molar-refractivity contribution in [1.29, 1.82) is 0 Å². The minimum atomic E-state index is 1.04. The van der Waals surface area contributed by atoms with Crippen molar-refractivity contribution in [2.24, 2.45) is 0 Å². The Morgan fingerprint density at radius 3 is 3.56 bits per heavy atom. The smallest absolute Gasteiger partial charge is 0.0798 e. The quantitative estimate of drug-likeness (QED) is 0.575. The third-order valence-electron chi connectivity index (χ3n) is 1.41. The molecular formula is C6H7N2S. The molecule has 0 bridgehead atoms. The van der Waals surface area contributed by atoms with Crippen molar-refractivity contribution in [3.63, 3.8) is 0 Å². The van der Waals surface area contributed by atoms with E-state index in [0.717, 1.165) is 13.0 Å². The van der Waals surface area contributed by atoms with Gasteiger partial charge in [0.15, 0.2) is 0 Å². The lowest BCUT2D eigenvalue weighted by Gasteiger charge is -2.08. The molecule has 1 aromatic heterocycles. The van der Waals surface area contributed by atoms with Crippen LogP contribution in [0.1, 0.15) is 10.6 Å². The van der Waals surface area contributed by atoms with Gasteiger partial charge in [-0.25, -0.2) is 4.98 Å². The molecule has 1 aliphatic heterocycles. The number of fused-ring (bicyclic) bond motifs is 1. The molecule has 2 rings (SSSR count). The van der Waals surface area contributed by atoms with Gasteiger partial charge >= 0.3 is 0 Å². The van der Waals surface area contributed by atoms with Crippen LogP contribution in [0.25, 0.3) is 0 Å². The first-order chi connectivity index (χ1) is 4.47. The lowest BCUT2D eigenvalue weighted by molar-refractivity contribution is 0.745. The molecule has 0 saturated heterocycles. The summed E-state index contributed by atoms with van der Waals surface area (Å²) in [6.07, 6.45) is 1.08. The number of nitrogens with one attached hydrogen (secondary N) is 1. The molecule has 2 heterocycles. The van der Waals surface area contributed by atoms with Crippen molar-refractivity contribution in [3.8, 4) is 0 Å². The van der Waals surface area contributed by atoms with Crippen molar-refractivity contribution in [1.82, 2.24) is 10.3 Å². The highest BCUT2D eigenvalue weighted by molar-refractivity contribution is 7.10. The number of thiazole rings is 1. The summed E-state index contributed by atoms with van der Waals surface area (Å²) in [5.41, 5.74) is 3.15. The van der Waals surface area contributed by atoms with Gasteiger partial charge in [-0.3, -0.25) is 0 Å². The van der Waals surface area contributed by atoms with Gasteiger partial charge in [-0.05, 0) is 0 Å². The van der Waals surface area contributed by atoms with Gasteiger partial charge in [-0.2, -0.15) is 0 Å². The van der Waals surface area contributed by atoms with Crippen LogP contribution in [0.5, 0.6) is 0 Å². The molecule has 0 fully saturated rings. The molecule has 3 heteroatoms. The van der Waals surface area contributed by atoms with Crippen LogP contribution in [0.4, 0.5) is 0 Å². The second-order valence-electron chi connectivity index (χ2n) is 2.01. The van der Waals surface area contributed by atoms with Crippen LogP contribution in [0.2, 0.25) is 0 Å². The molecule has 0 saturated carbocycles. The average molecular weight is 139 g/mol. The molecule has 0 spiro atoms. The Hall–Kier alpha value is -0.410. The number of hydrogen-bond donors (Lipinski definition) is 1. The summed E-state index contributed by atoms with van der Waals surface area (Å²) in [7, 11) is 0. The van der Waals surface area contributed by atoms with E-state index in [9.17, 15) is 0 Å². The molecule has 2 nitrogen and oxygen atoms in total. The zero-order valence-electron chi connectivity index (χ0n) is 4.92. The fraction of sp³-hybridized carbons (Fsp3) is 0.333. The minimum Gasteiger partial charge on any atom is -0.307 e. The summed E-state index contributed by atoms with van der Waals surface area (Å²) in [6, 6.07) is 0. The van der Waals surface area contributed by atoms with Gasteiger partial charge in [0.2, 0.25) is 0 Å². The summed E-state index contributed by atoms with van der Waals surface area (Å²) in [4.78, 5) is 5.50. The van der Waals surface area contributed by atoms with E-state index in [1.54, 1.807) is 11.3 Å². The molecule has 0 aliphatic carbocycles. The van der Waals surface area contributed by atoms with Crippen LogP contribution in [0.3, 0.4) is 0 Å². The second kappa shape index (κ2) is 2.08. The Bertz CT molecular complexity index is 186. The average Bonchev–Trinajstić information content (AvgIpc) is 2.33. The Labute approximate surface area is 57.9 Å². The largest absolute Gasteiger partial charge is 0.307 e. The van der Waals surface area contributed by atoms with Crippen LogP contribution in [0, 0.1) is 6.54 Å². The van der Waals surface area contributed by atoms with E-state index in [4.69, 9.17) is 0 Å². The van der Waals surface area contributed by atoms with Gasteiger partial charge in [0, 0.05) is 17.8 Å². The lowest BCUT2D eigenvalue weighted by Crippen LogP contribution is -2.20. The van der Waals surface area contributed by atoms with Crippen molar-refractivity contribution >= 4 is 11.3 Å². The van der Waals surface area contributed by atoms with E-state index in [2.05, 4.69) is 10.3 Å². The second-order valence-corrected chi connectivity index (χ2v) is 2.90. The molecule has 47 valence electrons. The highest BCUT2D eigenvalue weighted by atomic mass is 32.1. The molecular weight excluding hydrogens is 132 g/mol. The molecule has 0 atom stereocenters. The third kappa shape index (κ3) is 0.862. The van der Waals surface area contributed by atoms with Crippen LogP contribution in [-0.4, -0.2) is 11.5 Å². The van der Waals surface area contributed by atoms with Crippen molar-refractivity contribution < 1.29 is 0 Å². The number of aromatic nitrogens is 1. The van der Waals surface area contributed by atoms with Crippen LogP contribution in [0.15, 0.2) is 5.51 Å². The van der Waals surface area contributed by atoms with Crippen LogP contribution < -0.4 is 5.32 Å². The normalized spacial score (nSPS) is 17.3. The summed E-state index contributed by atoms with van der Waals surface area (Å²) < 4.78 is 0. The standard InChI is InChI=1S/C6H7N2S/c1-2-7-3-6-5(1)8-4-9-6/h3-4,7H,1-2H2. The Balaban J connectivity index is 2.39. The van der Waals surface area contributed by atoms with Gasteiger partial charge in [0.05, 0.1) is 17.7 Å². The van der Waals surface area contributed by atoms with E-state index >= 15 is 0 Å². The molecule has 9 heavy (non-hydrogen) atoms. The summed E-state index contributed by atoms with van der Waals surface area (Å²) >= 11 is 1.70. The maximum absolute atomic E-state index is 4.20. The Kier molecular flexibility index (Phi) is 1.24. The zero-order chi connectivity index (χ0) is 6.10. The van der Waals surface area contributed by atoms with Crippen molar-refractivity contribution in [3.05, 3.63) is 22.6 Å². The van der Waals surface area contributed by atoms with Gasteiger partial charge in [0.1, 0.15) is 0 Å². The predicted molar refractivity (Wildman–Crippen MR) is 37.2 cm³/mol. The molecule has 1 N–H and O–H groups in total.